The van der Waals surface area contributed by atoms with E-state index in [0.717, 1.165) is 24.0 Å². The number of rotatable bonds is 4. The number of piperidine rings is 1. The lowest BCUT2D eigenvalue weighted by atomic mass is 9.93. The standard InChI is InChI=1S/C15H30N2/c1-12-7-6-8-13(2)17(12)11-15(16-3)14-9-4-5-10-14/h12-16H,4-11H2,1-3H3. The zero-order valence-corrected chi connectivity index (χ0v) is 11.9. The Hall–Kier alpha value is -0.0800. The second kappa shape index (κ2) is 6.19. The minimum atomic E-state index is 0.723. The third kappa shape index (κ3) is 3.23. The minimum absolute atomic E-state index is 0.723. The van der Waals surface area contributed by atoms with Gasteiger partial charge in [0.1, 0.15) is 0 Å². The Morgan fingerprint density at radius 2 is 1.59 bits per heavy atom. The van der Waals surface area contributed by atoms with E-state index in [1.807, 2.05) is 0 Å². The van der Waals surface area contributed by atoms with Crippen LogP contribution in [0.2, 0.25) is 0 Å². The van der Waals surface area contributed by atoms with Gasteiger partial charge in [-0.05, 0) is 52.5 Å². The van der Waals surface area contributed by atoms with Crippen molar-refractivity contribution in [1.29, 1.82) is 0 Å². The number of likely N-dealkylation sites (N-methyl/N-ethyl adjacent to an activating group) is 1. The van der Waals surface area contributed by atoms with E-state index in [0.29, 0.717) is 0 Å². The summed E-state index contributed by atoms with van der Waals surface area (Å²) in [6, 6.07) is 2.30. The molecule has 17 heavy (non-hydrogen) atoms. The molecule has 2 aliphatic rings. The predicted molar refractivity (Wildman–Crippen MR) is 74.3 cm³/mol. The summed E-state index contributed by atoms with van der Waals surface area (Å²) in [5.41, 5.74) is 0. The number of nitrogens with one attached hydrogen (secondary N) is 1. The van der Waals surface area contributed by atoms with Crippen molar-refractivity contribution in [3.8, 4) is 0 Å². The van der Waals surface area contributed by atoms with Crippen LogP contribution in [0.1, 0.15) is 58.8 Å². The van der Waals surface area contributed by atoms with Crippen molar-refractivity contribution in [3.63, 3.8) is 0 Å². The summed E-state index contributed by atoms with van der Waals surface area (Å²) in [7, 11) is 2.16. The van der Waals surface area contributed by atoms with Crippen LogP contribution in [0.15, 0.2) is 0 Å². The molecule has 1 saturated carbocycles. The average molecular weight is 238 g/mol. The van der Waals surface area contributed by atoms with Gasteiger partial charge in [0.05, 0.1) is 0 Å². The zero-order chi connectivity index (χ0) is 12.3. The van der Waals surface area contributed by atoms with Crippen LogP contribution in [0, 0.1) is 5.92 Å². The fourth-order valence-corrected chi connectivity index (χ4v) is 3.90. The Morgan fingerprint density at radius 3 is 2.12 bits per heavy atom. The van der Waals surface area contributed by atoms with Crippen LogP contribution in [0.3, 0.4) is 0 Å². The van der Waals surface area contributed by atoms with Gasteiger partial charge >= 0.3 is 0 Å². The highest BCUT2D eigenvalue weighted by Crippen LogP contribution is 2.30. The molecule has 0 radical (unpaired) electrons. The number of hydrogen-bond acceptors (Lipinski definition) is 2. The lowest BCUT2D eigenvalue weighted by Gasteiger charge is -2.42. The average Bonchev–Trinajstić information content (AvgIpc) is 2.82. The normalized spacial score (nSPS) is 34.1. The smallest absolute Gasteiger partial charge is 0.0220 e. The Labute approximate surface area is 107 Å². The van der Waals surface area contributed by atoms with E-state index in [9.17, 15) is 0 Å². The van der Waals surface area contributed by atoms with E-state index in [1.54, 1.807) is 0 Å². The highest BCUT2D eigenvalue weighted by atomic mass is 15.2. The summed E-state index contributed by atoms with van der Waals surface area (Å²) in [6.07, 6.45) is 10.0. The summed E-state index contributed by atoms with van der Waals surface area (Å²) in [4.78, 5) is 2.75. The van der Waals surface area contributed by atoms with E-state index >= 15 is 0 Å². The summed E-state index contributed by atoms with van der Waals surface area (Å²) in [5, 5.41) is 3.59. The molecule has 1 aliphatic carbocycles. The summed E-state index contributed by atoms with van der Waals surface area (Å²) < 4.78 is 0. The topological polar surface area (TPSA) is 15.3 Å². The Balaban J connectivity index is 1.91. The van der Waals surface area contributed by atoms with Crippen molar-refractivity contribution in [1.82, 2.24) is 10.2 Å². The molecular weight excluding hydrogens is 208 g/mol. The molecule has 2 nitrogen and oxygen atoms in total. The van der Waals surface area contributed by atoms with E-state index in [1.165, 1.54) is 51.5 Å². The molecule has 1 heterocycles. The van der Waals surface area contributed by atoms with Gasteiger partial charge < -0.3 is 5.32 Å². The molecule has 0 aromatic rings. The van der Waals surface area contributed by atoms with E-state index in [2.05, 4.69) is 31.1 Å². The molecule has 2 rings (SSSR count). The first-order valence-corrected chi connectivity index (χ1v) is 7.65. The van der Waals surface area contributed by atoms with E-state index in [-0.39, 0.29) is 0 Å². The van der Waals surface area contributed by atoms with Gasteiger partial charge in [0.2, 0.25) is 0 Å². The van der Waals surface area contributed by atoms with Crippen LogP contribution in [-0.2, 0) is 0 Å². The van der Waals surface area contributed by atoms with Crippen LogP contribution in [0.5, 0.6) is 0 Å². The maximum Gasteiger partial charge on any atom is 0.0220 e. The second-order valence-corrected chi connectivity index (χ2v) is 6.27. The highest BCUT2D eigenvalue weighted by molar-refractivity contribution is 4.87. The predicted octanol–water partition coefficient (Wildman–Crippen LogP) is 3.03. The van der Waals surface area contributed by atoms with Crippen molar-refractivity contribution < 1.29 is 0 Å². The van der Waals surface area contributed by atoms with Gasteiger partial charge in [0.15, 0.2) is 0 Å². The molecule has 0 aromatic heterocycles. The minimum Gasteiger partial charge on any atom is -0.315 e. The highest BCUT2D eigenvalue weighted by Gasteiger charge is 2.30. The zero-order valence-electron chi connectivity index (χ0n) is 11.9. The third-order valence-electron chi connectivity index (χ3n) is 5.12. The third-order valence-corrected chi connectivity index (χ3v) is 5.12. The summed E-state index contributed by atoms with van der Waals surface area (Å²) in [5.74, 6) is 0.932. The fraction of sp³-hybridized carbons (Fsp3) is 1.00. The molecular formula is C15H30N2. The first-order valence-electron chi connectivity index (χ1n) is 7.65. The molecule has 3 atom stereocenters. The fourth-order valence-electron chi connectivity index (χ4n) is 3.90. The number of likely N-dealkylation sites (tertiary alicyclic amines) is 1. The van der Waals surface area contributed by atoms with Gasteiger partial charge in [-0.2, -0.15) is 0 Å². The van der Waals surface area contributed by atoms with Gasteiger partial charge in [-0.3, -0.25) is 4.90 Å². The van der Waals surface area contributed by atoms with Crippen molar-refractivity contribution in [2.24, 2.45) is 5.92 Å². The number of hydrogen-bond donors (Lipinski definition) is 1. The van der Waals surface area contributed by atoms with Crippen molar-refractivity contribution in [3.05, 3.63) is 0 Å². The van der Waals surface area contributed by atoms with Gasteiger partial charge in [-0.15, -0.1) is 0 Å². The molecule has 1 aliphatic heterocycles. The maximum atomic E-state index is 3.59. The van der Waals surface area contributed by atoms with Gasteiger partial charge in [-0.1, -0.05) is 19.3 Å². The van der Waals surface area contributed by atoms with E-state index in [4.69, 9.17) is 0 Å². The Kier molecular flexibility index (Phi) is 4.87. The van der Waals surface area contributed by atoms with Crippen molar-refractivity contribution in [2.75, 3.05) is 13.6 Å². The first kappa shape index (κ1) is 13.4. The quantitative estimate of drug-likeness (QED) is 0.810. The molecule has 0 spiro atoms. The van der Waals surface area contributed by atoms with Crippen LogP contribution >= 0.6 is 0 Å². The molecule has 100 valence electrons. The molecule has 0 amide bonds. The van der Waals surface area contributed by atoms with Gasteiger partial charge in [0, 0.05) is 24.7 Å². The molecule has 2 heteroatoms. The van der Waals surface area contributed by atoms with Gasteiger partial charge in [0.25, 0.3) is 0 Å². The molecule has 3 unspecified atom stereocenters. The van der Waals surface area contributed by atoms with Crippen LogP contribution in [0.25, 0.3) is 0 Å². The Bertz CT molecular complexity index is 213. The molecule has 2 fully saturated rings. The molecule has 0 aromatic carbocycles. The van der Waals surface area contributed by atoms with Crippen molar-refractivity contribution in [2.45, 2.75) is 76.9 Å². The van der Waals surface area contributed by atoms with Crippen LogP contribution in [-0.4, -0.2) is 36.6 Å². The molecule has 1 saturated heterocycles. The van der Waals surface area contributed by atoms with Gasteiger partial charge in [-0.25, -0.2) is 0 Å². The lowest BCUT2D eigenvalue weighted by Crippen LogP contribution is -2.51. The monoisotopic (exact) mass is 238 g/mol. The largest absolute Gasteiger partial charge is 0.315 e. The maximum absolute atomic E-state index is 3.59. The first-order chi connectivity index (χ1) is 8.22. The SMILES string of the molecule is CNC(CN1C(C)CCCC1C)C1CCCC1. The summed E-state index contributed by atoms with van der Waals surface area (Å²) >= 11 is 0. The Morgan fingerprint density at radius 1 is 1.00 bits per heavy atom. The number of nitrogens with zero attached hydrogens (tertiary/aromatic N) is 1. The van der Waals surface area contributed by atoms with Crippen molar-refractivity contribution >= 4 is 0 Å². The van der Waals surface area contributed by atoms with Crippen LogP contribution in [0.4, 0.5) is 0 Å². The van der Waals surface area contributed by atoms with E-state index < -0.39 is 0 Å². The summed E-state index contributed by atoms with van der Waals surface area (Å²) in [6.45, 7) is 6.09. The van der Waals surface area contributed by atoms with Crippen LogP contribution < -0.4 is 5.32 Å². The molecule has 1 N–H and O–H groups in total. The second-order valence-electron chi connectivity index (χ2n) is 6.27. The molecule has 0 bridgehead atoms. The lowest BCUT2D eigenvalue weighted by molar-refractivity contribution is 0.0823.